The van der Waals surface area contributed by atoms with E-state index in [1.54, 1.807) is 27.0 Å². The van der Waals surface area contributed by atoms with Gasteiger partial charge in [-0.2, -0.15) is 0 Å². The second kappa shape index (κ2) is 8.23. The smallest absolute Gasteiger partial charge is 0.428 e. The van der Waals surface area contributed by atoms with Crippen LogP contribution < -0.4 is 0 Å². The molecule has 0 saturated heterocycles. The highest BCUT2D eigenvalue weighted by Gasteiger charge is 2.19. The fourth-order valence-corrected chi connectivity index (χ4v) is 2.42. The van der Waals surface area contributed by atoms with E-state index in [0.29, 0.717) is 0 Å². The molecule has 2 aromatic rings. The first-order valence-electron chi connectivity index (χ1n) is 8.44. The first-order chi connectivity index (χ1) is 12.2. The monoisotopic (exact) mass is 362 g/mol. The molecule has 26 heavy (non-hydrogen) atoms. The molecule has 0 saturated carbocycles. The number of para-hydroxylation sites is 1. The minimum atomic E-state index is -0.880. The first kappa shape index (κ1) is 19.8. The molecule has 0 aliphatic carbocycles. The Morgan fingerprint density at radius 3 is 2.46 bits per heavy atom. The molecular weight excluding hydrogens is 336 g/mol. The van der Waals surface area contributed by atoms with Gasteiger partial charge >= 0.3 is 12.2 Å². The highest BCUT2D eigenvalue weighted by Crippen LogP contribution is 2.22. The summed E-state index contributed by atoms with van der Waals surface area (Å²) in [5.74, 6) is 0. The lowest BCUT2D eigenvalue weighted by atomic mass is 10.1. The van der Waals surface area contributed by atoms with Crippen LogP contribution in [0.5, 0.6) is 0 Å². The number of benzene rings is 1. The third-order valence-corrected chi connectivity index (χ3v) is 3.57. The maximum Gasteiger partial charge on any atom is 0.511 e. The summed E-state index contributed by atoms with van der Waals surface area (Å²) in [4.78, 5) is 26.0. The summed E-state index contributed by atoms with van der Waals surface area (Å²) < 4.78 is 16.3. The maximum atomic E-state index is 12.4. The van der Waals surface area contributed by atoms with Crippen LogP contribution in [0.4, 0.5) is 9.59 Å². The van der Waals surface area contributed by atoms with Crippen molar-refractivity contribution in [3.05, 3.63) is 36.0 Å². The number of ether oxygens (including phenoxy) is 3. The molecule has 0 aliphatic heterocycles. The molecule has 0 N–H and O–H groups in total. The third kappa shape index (κ3) is 5.49. The molecule has 7 nitrogen and oxygen atoms in total. The summed E-state index contributed by atoms with van der Waals surface area (Å²) in [6.45, 7) is 5.53. The molecule has 142 valence electrons. The average Bonchev–Trinajstić information content (AvgIpc) is 2.90. The van der Waals surface area contributed by atoms with E-state index in [2.05, 4.69) is 4.90 Å². The molecule has 1 aromatic heterocycles. The topological polar surface area (TPSA) is 70.0 Å². The number of carbonyl (C=O) groups is 2. The van der Waals surface area contributed by atoms with Crippen molar-refractivity contribution in [3.8, 4) is 0 Å². The number of likely N-dealkylation sites (N-methyl/N-ethyl adjacent to an activating group) is 1. The third-order valence-electron chi connectivity index (χ3n) is 3.57. The minimum Gasteiger partial charge on any atom is -0.428 e. The SMILES string of the molecule is CN(C)CCc1cn(C(=O)OCOC(=O)OC(C)(C)C)c2ccccc12. The Hall–Kier alpha value is -2.54. The predicted octanol–water partition coefficient (Wildman–Crippen LogP) is 3.64. The summed E-state index contributed by atoms with van der Waals surface area (Å²) in [5, 5.41) is 0.999. The van der Waals surface area contributed by atoms with Crippen molar-refractivity contribution in [1.82, 2.24) is 9.47 Å². The zero-order chi connectivity index (χ0) is 19.3. The standard InChI is InChI=1S/C19H26N2O5/c1-19(2,3)26-18(23)25-13-24-17(22)21-12-14(10-11-20(4)5)15-8-6-7-9-16(15)21/h6-9,12H,10-11,13H2,1-5H3. The number of rotatable bonds is 5. The Morgan fingerprint density at radius 1 is 1.12 bits per heavy atom. The van der Waals surface area contributed by atoms with Crippen molar-refractivity contribution in [2.24, 2.45) is 0 Å². The zero-order valence-corrected chi connectivity index (χ0v) is 15.9. The maximum absolute atomic E-state index is 12.4. The Morgan fingerprint density at radius 2 is 1.81 bits per heavy atom. The van der Waals surface area contributed by atoms with Crippen molar-refractivity contribution in [2.75, 3.05) is 27.4 Å². The van der Waals surface area contributed by atoms with Crippen molar-refractivity contribution < 1.29 is 23.8 Å². The summed E-state index contributed by atoms with van der Waals surface area (Å²) in [5.41, 5.74) is 1.14. The molecular formula is C19H26N2O5. The van der Waals surface area contributed by atoms with Crippen LogP contribution in [0.3, 0.4) is 0 Å². The van der Waals surface area contributed by atoms with E-state index in [1.165, 1.54) is 4.57 Å². The van der Waals surface area contributed by atoms with E-state index in [4.69, 9.17) is 14.2 Å². The number of hydrogen-bond acceptors (Lipinski definition) is 6. The van der Waals surface area contributed by atoms with Crippen LogP contribution in [0.25, 0.3) is 10.9 Å². The number of nitrogens with zero attached hydrogens (tertiary/aromatic N) is 2. The lowest BCUT2D eigenvalue weighted by molar-refractivity contribution is -0.0464. The van der Waals surface area contributed by atoms with Gasteiger partial charge in [-0.05, 0) is 52.9 Å². The quantitative estimate of drug-likeness (QED) is 0.597. The van der Waals surface area contributed by atoms with Crippen molar-refractivity contribution in [2.45, 2.75) is 32.8 Å². The van der Waals surface area contributed by atoms with Crippen LogP contribution >= 0.6 is 0 Å². The fourth-order valence-electron chi connectivity index (χ4n) is 2.42. The summed E-state index contributed by atoms with van der Waals surface area (Å²) in [7, 11) is 4.00. The number of carbonyl (C=O) groups excluding carboxylic acids is 2. The average molecular weight is 362 g/mol. The zero-order valence-electron chi connectivity index (χ0n) is 15.9. The van der Waals surface area contributed by atoms with Crippen LogP contribution in [0, 0.1) is 0 Å². The molecule has 0 atom stereocenters. The van der Waals surface area contributed by atoms with E-state index in [-0.39, 0.29) is 0 Å². The molecule has 0 spiro atoms. The van der Waals surface area contributed by atoms with Gasteiger partial charge < -0.3 is 19.1 Å². The van der Waals surface area contributed by atoms with Gasteiger partial charge in [0.05, 0.1) is 5.52 Å². The highest BCUT2D eigenvalue weighted by atomic mass is 16.8. The molecule has 1 heterocycles. The molecule has 0 amide bonds. The lowest BCUT2D eigenvalue weighted by Gasteiger charge is -2.18. The number of fused-ring (bicyclic) bond motifs is 1. The first-order valence-corrected chi connectivity index (χ1v) is 8.44. The normalized spacial score (nSPS) is 11.6. The van der Waals surface area contributed by atoms with Gasteiger partial charge in [0.15, 0.2) is 0 Å². The summed E-state index contributed by atoms with van der Waals surface area (Å²) in [6.07, 6.45) is 1.09. The van der Waals surface area contributed by atoms with Crippen LogP contribution in [0.1, 0.15) is 26.3 Å². The lowest BCUT2D eigenvalue weighted by Crippen LogP contribution is -2.25. The summed E-state index contributed by atoms with van der Waals surface area (Å²) >= 11 is 0. The van der Waals surface area contributed by atoms with E-state index >= 15 is 0 Å². The van der Waals surface area contributed by atoms with Gasteiger partial charge in [-0.1, -0.05) is 18.2 Å². The van der Waals surface area contributed by atoms with Gasteiger partial charge in [-0.3, -0.25) is 4.57 Å². The van der Waals surface area contributed by atoms with Gasteiger partial charge in [-0.25, -0.2) is 9.59 Å². The van der Waals surface area contributed by atoms with Gasteiger partial charge in [0.1, 0.15) is 5.60 Å². The van der Waals surface area contributed by atoms with E-state index in [0.717, 1.165) is 29.4 Å². The highest BCUT2D eigenvalue weighted by molar-refractivity contribution is 5.92. The van der Waals surface area contributed by atoms with Crippen LogP contribution in [0.15, 0.2) is 30.5 Å². The molecule has 0 aliphatic rings. The Balaban J connectivity index is 2.04. The molecule has 1 aromatic carbocycles. The minimum absolute atomic E-state index is 0.507. The predicted molar refractivity (Wildman–Crippen MR) is 98.3 cm³/mol. The fraction of sp³-hybridized carbons (Fsp3) is 0.474. The Labute approximate surface area is 153 Å². The van der Waals surface area contributed by atoms with E-state index < -0.39 is 24.6 Å². The molecule has 0 fully saturated rings. The Bertz CT molecular complexity index is 774. The van der Waals surface area contributed by atoms with E-state index in [9.17, 15) is 9.59 Å². The summed E-state index contributed by atoms with van der Waals surface area (Å²) in [6, 6.07) is 7.62. The molecule has 0 bridgehead atoms. The van der Waals surface area contributed by atoms with Crippen molar-refractivity contribution >= 4 is 23.2 Å². The molecule has 0 radical (unpaired) electrons. The van der Waals surface area contributed by atoms with Gasteiger partial charge in [0.2, 0.25) is 6.79 Å². The second-order valence-electron chi connectivity index (χ2n) is 7.23. The molecule has 0 unspecified atom stereocenters. The van der Waals surface area contributed by atoms with Crippen molar-refractivity contribution in [3.63, 3.8) is 0 Å². The second-order valence-corrected chi connectivity index (χ2v) is 7.23. The molecule has 2 rings (SSSR count). The molecule has 7 heteroatoms. The van der Waals surface area contributed by atoms with Crippen LogP contribution in [-0.2, 0) is 20.6 Å². The number of hydrogen-bond donors (Lipinski definition) is 0. The Kier molecular flexibility index (Phi) is 6.26. The van der Waals surface area contributed by atoms with Gasteiger partial charge in [-0.15, -0.1) is 0 Å². The van der Waals surface area contributed by atoms with Crippen molar-refractivity contribution in [1.29, 1.82) is 0 Å². The largest absolute Gasteiger partial charge is 0.511 e. The van der Waals surface area contributed by atoms with Crippen LogP contribution in [-0.4, -0.2) is 54.7 Å². The van der Waals surface area contributed by atoms with Gasteiger partial charge in [0, 0.05) is 18.1 Å². The van der Waals surface area contributed by atoms with Crippen LogP contribution in [0.2, 0.25) is 0 Å². The van der Waals surface area contributed by atoms with Gasteiger partial charge in [0.25, 0.3) is 0 Å². The van der Waals surface area contributed by atoms with E-state index in [1.807, 2.05) is 38.4 Å². The number of aromatic nitrogens is 1.